The van der Waals surface area contributed by atoms with E-state index in [1.165, 1.54) is 0 Å². The average molecular weight is 347 g/mol. The van der Waals surface area contributed by atoms with Gasteiger partial charge in [-0.1, -0.05) is 6.07 Å². The molecule has 0 unspecified atom stereocenters. The van der Waals surface area contributed by atoms with E-state index in [4.69, 9.17) is 4.74 Å². The topological polar surface area (TPSA) is 83.0 Å². The van der Waals surface area contributed by atoms with Gasteiger partial charge in [0, 0.05) is 51.9 Å². The molecule has 0 aromatic carbocycles. The van der Waals surface area contributed by atoms with Crippen molar-refractivity contribution in [2.75, 3.05) is 46.4 Å². The Balaban J connectivity index is 1.78. The first kappa shape index (κ1) is 17.8. The first-order valence-electron chi connectivity index (χ1n) is 8.72. The van der Waals surface area contributed by atoms with Gasteiger partial charge in [-0.2, -0.15) is 0 Å². The maximum absolute atomic E-state index is 12.8. The molecule has 1 N–H and O–H groups in total. The number of rotatable bonds is 5. The molecule has 2 aliphatic heterocycles. The third-order valence-corrected chi connectivity index (χ3v) is 5.47. The van der Waals surface area contributed by atoms with Crippen LogP contribution in [0.2, 0.25) is 0 Å². The number of pyridine rings is 1. The van der Waals surface area contributed by atoms with E-state index in [0.29, 0.717) is 51.3 Å². The standard InChI is InChI=1S/C18H25N3O4/c1-25-10-9-20-11-14-12-21(16(22)15-5-2-3-7-19-15)8-4-6-18(14,13-20)17(23)24/h2-3,5,7,14H,4,6,8-13H2,1H3,(H,23,24)/t14-,18+/m0/s1. The summed E-state index contributed by atoms with van der Waals surface area (Å²) in [6.45, 7) is 3.56. The van der Waals surface area contributed by atoms with Gasteiger partial charge in [0.25, 0.3) is 5.91 Å². The smallest absolute Gasteiger partial charge is 0.311 e. The van der Waals surface area contributed by atoms with Crippen molar-refractivity contribution in [2.45, 2.75) is 12.8 Å². The van der Waals surface area contributed by atoms with Crippen LogP contribution in [0.25, 0.3) is 0 Å². The number of carboxylic acids is 1. The highest BCUT2D eigenvalue weighted by Gasteiger charge is 2.53. The Kier molecular flexibility index (Phi) is 5.34. The van der Waals surface area contributed by atoms with Crippen LogP contribution in [0.15, 0.2) is 24.4 Å². The van der Waals surface area contributed by atoms with E-state index in [2.05, 4.69) is 9.88 Å². The number of aromatic nitrogens is 1. The SMILES string of the molecule is COCCN1C[C@H]2CN(C(=O)c3ccccn3)CCC[C@@]2(C(=O)O)C1. The fraction of sp³-hybridized carbons (Fsp3) is 0.611. The molecule has 136 valence electrons. The summed E-state index contributed by atoms with van der Waals surface area (Å²) in [6, 6.07) is 5.28. The zero-order chi connectivity index (χ0) is 17.9. The molecule has 1 aromatic rings. The number of carbonyl (C=O) groups excluding carboxylic acids is 1. The van der Waals surface area contributed by atoms with Gasteiger partial charge in [-0.3, -0.25) is 19.5 Å². The molecule has 2 aliphatic rings. The van der Waals surface area contributed by atoms with Crippen molar-refractivity contribution in [1.29, 1.82) is 0 Å². The summed E-state index contributed by atoms with van der Waals surface area (Å²) >= 11 is 0. The number of carboxylic acid groups (broad SMARTS) is 1. The van der Waals surface area contributed by atoms with Crippen molar-refractivity contribution in [3.8, 4) is 0 Å². The Bertz CT molecular complexity index is 624. The summed E-state index contributed by atoms with van der Waals surface area (Å²) in [5, 5.41) is 9.94. The van der Waals surface area contributed by atoms with Gasteiger partial charge in [0.1, 0.15) is 5.69 Å². The number of carbonyl (C=O) groups is 2. The maximum atomic E-state index is 12.8. The second kappa shape index (κ2) is 7.49. The molecule has 7 heteroatoms. The van der Waals surface area contributed by atoms with Crippen LogP contribution in [0.5, 0.6) is 0 Å². The number of ether oxygens (including phenoxy) is 1. The van der Waals surface area contributed by atoms with Crippen LogP contribution in [-0.2, 0) is 9.53 Å². The molecule has 0 aliphatic carbocycles. The quantitative estimate of drug-likeness (QED) is 0.854. The number of methoxy groups -OCH3 is 1. The molecule has 1 aromatic heterocycles. The number of hydrogen-bond donors (Lipinski definition) is 1. The molecular weight excluding hydrogens is 322 g/mol. The Labute approximate surface area is 147 Å². The highest BCUT2D eigenvalue weighted by molar-refractivity contribution is 5.92. The molecular formula is C18H25N3O4. The van der Waals surface area contributed by atoms with Gasteiger partial charge in [-0.25, -0.2) is 0 Å². The van der Waals surface area contributed by atoms with Crippen LogP contribution in [0.1, 0.15) is 23.3 Å². The van der Waals surface area contributed by atoms with Crippen LogP contribution in [0.3, 0.4) is 0 Å². The van der Waals surface area contributed by atoms with E-state index in [1.807, 2.05) is 0 Å². The van der Waals surface area contributed by atoms with Gasteiger partial charge in [-0.05, 0) is 25.0 Å². The molecule has 7 nitrogen and oxygen atoms in total. The van der Waals surface area contributed by atoms with Crippen LogP contribution >= 0.6 is 0 Å². The van der Waals surface area contributed by atoms with E-state index < -0.39 is 11.4 Å². The second-order valence-electron chi connectivity index (χ2n) is 6.96. The molecule has 0 radical (unpaired) electrons. The maximum Gasteiger partial charge on any atom is 0.311 e. The van der Waals surface area contributed by atoms with E-state index in [-0.39, 0.29) is 11.8 Å². The van der Waals surface area contributed by atoms with E-state index in [1.54, 1.807) is 36.4 Å². The van der Waals surface area contributed by atoms with Gasteiger partial charge in [0.05, 0.1) is 12.0 Å². The molecule has 1 amide bonds. The van der Waals surface area contributed by atoms with Gasteiger partial charge in [0.2, 0.25) is 0 Å². The number of nitrogens with zero attached hydrogens (tertiary/aromatic N) is 3. The minimum atomic E-state index is -0.771. The molecule has 25 heavy (non-hydrogen) atoms. The summed E-state index contributed by atoms with van der Waals surface area (Å²) in [4.78, 5) is 32.9. The van der Waals surface area contributed by atoms with Crippen molar-refractivity contribution >= 4 is 11.9 Å². The number of amides is 1. The monoisotopic (exact) mass is 347 g/mol. The second-order valence-corrected chi connectivity index (χ2v) is 6.96. The molecule has 2 fully saturated rings. The molecule has 0 spiro atoms. The van der Waals surface area contributed by atoms with Crippen LogP contribution in [0, 0.1) is 11.3 Å². The summed E-state index contributed by atoms with van der Waals surface area (Å²) in [7, 11) is 1.65. The van der Waals surface area contributed by atoms with Gasteiger partial charge < -0.3 is 14.7 Å². The van der Waals surface area contributed by atoms with Crippen LogP contribution in [0.4, 0.5) is 0 Å². The number of aliphatic carboxylic acids is 1. The van der Waals surface area contributed by atoms with E-state index in [9.17, 15) is 14.7 Å². The minimum absolute atomic E-state index is 0.0722. The van der Waals surface area contributed by atoms with Crippen LogP contribution < -0.4 is 0 Å². The number of likely N-dealkylation sites (tertiary alicyclic amines) is 2. The summed E-state index contributed by atoms with van der Waals surface area (Å²) in [5.74, 6) is -0.932. The normalized spacial score (nSPS) is 26.9. The summed E-state index contributed by atoms with van der Waals surface area (Å²) in [6.07, 6.45) is 2.90. The van der Waals surface area contributed by atoms with Crippen molar-refractivity contribution in [3.05, 3.63) is 30.1 Å². The van der Waals surface area contributed by atoms with E-state index >= 15 is 0 Å². The third-order valence-electron chi connectivity index (χ3n) is 5.47. The summed E-state index contributed by atoms with van der Waals surface area (Å²) in [5.41, 5.74) is -0.355. The predicted molar refractivity (Wildman–Crippen MR) is 91.2 cm³/mol. The van der Waals surface area contributed by atoms with E-state index in [0.717, 1.165) is 6.54 Å². The Hall–Kier alpha value is -1.99. The zero-order valence-corrected chi connectivity index (χ0v) is 14.6. The molecule has 3 rings (SSSR count). The first-order chi connectivity index (χ1) is 12.1. The van der Waals surface area contributed by atoms with Gasteiger partial charge in [0.15, 0.2) is 0 Å². The fourth-order valence-corrected chi connectivity index (χ4v) is 4.11. The Morgan fingerprint density at radius 1 is 1.40 bits per heavy atom. The van der Waals surface area contributed by atoms with Gasteiger partial charge >= 0.3 is 5.97 Å². The predicted octanol–water partition coefficient (Wildman–Crippen LogP) is 0.967. The van der Waals surface area contributed by atoms with Crippen molar-refractivity contribution < 1.29 is 19.4 Å². The highest BCUT2D eigenvalue weighted by atomic mass is 16.5. The third kappa shape index (κ3) is 3.52. The number of fused-ring (bicyclic) bond motifs is 1. The largest absolute Gasteiger partial charge is 0.481 e. The van der Waals surface area contributed by atoms with Crippen molar-refractivity contribution in [2.24, 2.45) is 11.3 Å². The zero-order valence-electron chi connectivity index (χ0n) is 14.6. The molecule has 2 atom stereocenters. The highest BCUT2D eigenvalue weighted by Crippen LogP contribution is 2.43. The van der Waals surface area contributed by atoms with Crippen molar-refractivity contribution in [1.82, 2.24) is 14.8 Å². The number of hydrogen-bond acceptors (Lipinski definition) is 5. The van der Waals surface area contributed by atoms with Gasteiger partial charge in [-0.15, -0.1) is 0 Å². The molecule has 0 bridgehead atoms. The minimum Gasteiger partial charge on any atom is -0.481 e. The summed E-state index contributed by atoms with van der Waals surface area (Å²) < 4.78 is 5.13. The lowest BCUT2D eigenvalue weighted by atomic mass is 9.75. The Morgan fingerprint density at radius 3 is 2.92 bits per heavy atom. The lowest BCUT2D eigenvalue weighted by Gasteiger charge is -2.29. The first-order valence-corrected chi connectivity index (χ1v) is 8.72. The van der Waals surface area contributed by atoms with Crippen molar-refractivity contribution in [3.63, 3.8) is 0 Å². The van der Waals surface area contributed by atoms with Crippen LogP contribution in [-0.4, -0.2) is 78.2 Å². The Morgan fingerprint density at radius 2 is 2.24 bits per heavy atom. The lowest BCUT2D eigenvalue weighted by molar-refractivity contribution is -0.151. The molecule has 3 heterocycles. The lowest BCUT2D eigenvalue weighted by Crippen LogP contribution is -2.42. The molecule has 0 saturated carbocycles. The fourth-order valence-electron chi connectivity index (χ4n) is 4.11. The average Bonchev–Trinajstić information content (AvgIpc) is 2.88. The molecule has 2 saturated heterocycles.